The van der Waals surface area contributed by atoms with Gasteiger partial charge in [-0.25, -0.2) is 0 Å². The summed E-state index contributed by atoms with van der Waals surface area (Å²) >= 11 is 0. The number of amides is 1. The Kier molecular flexibility index (Phi) is 7.27. The van der Waals surface area contributed by atoms with Crippen molar-refractivity contribution in [3.63, 3.8) is 0 Å². The molecule has 1 N–H and O–H groups in total. The van der Waals surface area contributed by atoms with E-state index in [1.807, 2.05) is 11.9 Å². The van der Waals surface area contributed by atoms with Crippen LogP contribution in [0, 0.1) is 5.92 Å². The zero-order chi connectivity index (χ0) is 13.8. The number of likely N-dealkylation sites (tertiary alicyclic amines) is 1. The SMILES string of the molecule is CC(C)N(C)C(=O)CN1CCC(NCC2CC2)CC1.Cl. The lowest BCUT2D eigenvalue weighted by molar-refractivity contribution is -0.132. The van der Waals surface area contributed by atoms with Crippen LogP contribution < -0.4 is 5.32 Å². The van der Waals surface area contributed by atoms with E-state index >= 15 is 0 Å². The van der Waals surface area contributed by atoms with Gasteiger partial charge < -0.3 is 10.2 Å². The molecule has 0 spiro atoms. The largest absolute Gasteiger partial charge is 0.342 e. The quantitative estimate of drug-likeness (QED) is 0.812. The van der Waals surface area contributed by atoms with Crippen molar-refractivity contribution < 1.29 is 4.79 Å². The fraction of sp³-hybridized carbons (Fsp3) is 0.933. The van der Waals surface area contributed by atoms with E-state index in [1.54, 1.807) is 0 Å². The van der Waals surface area contributed by atoms with E-state index in [0.29, 0.717) is 18.6 Å². The van der Waals surface area contributed by atoms with Gasteiger partial charge in [-0.2, -0.15) is 0 Å². The molecule has 1 heterocycles. The maximum absolute atomic E-state index is 12.0. The van der Waals surface area contributed by atoms with E-state index in [9.17, 15) is 4.79 Å². The molecule has 118 valence electrons. The van der Waals surface area contributed by atoms with Gasteiger partial charge in [0, 0.05) is 32.2 Å². The first-order chi connectivity index (χ1) is 9.06. The Balaban J connectivity index is 0.00000200. The maximum atomic E-state index is 12.0. The van der Waals surface area contributed by atoms with Gasteiger partial charge in [0.25, 0.3) is 0 Å². The first kappa shape index (κ1) is 17.7. The molecule has 0 radical (unpaired) electrons. The number of nitrogens with zero attached hydrogens (tertiary/aromatic N) is 2. The molecule has 1 saturated heterocycles. The Hall–Kier alpha value is -0.320. The lowest BCUT2D eigenvalue weighted by atomic mass is 10.0. The van der Waals surface area contributed by atoms with Crippen LogP contribution in [0.15, 0.2) is 0 Å². The fourth-order valence-corrected chi connectivity index (χ4v) is 2.54. The van der Waals surface area contributed by atoms with E-state index in [-0.39, 0.29) is 18.3 Å². The molecule has 2 aliphatic rings. The molecule has 5 heteroatoms. The van der Waals surface area contributed by atoms with Crippen molar-refractivity contribution >= 4 is 18.3 Å². The molecule has 20 heavy (non-hydrogen) atoms. The number of carbonyl (C=O) groups excluding carboxylic acids is 1. The van der Waals surface area contributed by atoms with Crippen LogP contribution in [0.2, 0.25) is 0 Å². The lowest BCUT2D eigenvalue weighted by Crippen LogP contribution is -2.47. The number of piperidine rings is 1. The van der Waals surface area contributed by atoms with Crippen molar-refractivity contribution in [2.75, 3.05) is 33.2 Å². The minimum absolute atomic E-state index is 0. The molecule has 0 bridgehead atoms. The average molecular weight is 304 g/mol. The molecular weight excluding hydrogens is 274 g/mol. The predicted octanol–water partition coefficient (Wildman–Crippen LogP) is 1.74. The molecular formula is C15H30ClN3O. The summed E-state index contributed by atoms with van der Waals surface area (Å²) in [6.07, 6.45) is 5.21. The van der Waals surface area contributed by atoms with E-state index in [4.69, 9.17) is 0 Å². The van der Waals surface area contributed by atoms with Crippen molar-refractivity contribution in [3.05, 3.63) is 0 Å². The van der Waals surface area contributed by atoms with Crippen LogP contribution in [-0.4, -0.2) is 61.0 Å². The third-order valence-electron chi connectivity index (χ3n) is 4.51. The minimum atomic E-state index is 0. The molecule has 0 aromatic rings. The number of carbonyl (C=O) groups is 1. The second-order valence-corrected chi connectivity index (χ2v) is 6.50. The highest BCUT2D eigenvalue weighted by Crippen LogP contribution is 2.28. The first-order valence-corrected chi connectivity index (χ1v) is 7.77. The smallest absolute Gasteiger partial charge is 0.236 e. The molecule has 2 fully saturated rings. The first-order valence-electron chi connectivity index (χ1n) is 7.77. The van der Waals surface area contributed by atoms with Crippen LogP contribution in [0.4, 0.5) is 0 Å². The monoisotopic (exact) mass is 303 g/mol. The van der Waals surface area contributed by atoms with Crippen LogP contribution in [0.3, 0.4) is 0 Å². The van der Waals surface area contributed by atoms with Crippen molar-refractivity contribution in [1.29, 1.82) is 0 Å². The number of halogens is 1. The van der Waals surface area contributed by atoms with Crippen LogP contribution >= 0.6 is 12.4 Å². The van der Waals surface area contributed by atoms with Gasteiger partial charge in [-0.15, -0.1) is 12.4 Å². The number of hydrogen-bond donors (Lipinski definition) is 1. The Labute approximate surface area is 129 Å². The van der Waals surface area contributed by atoms with E-state index in [1.165, 1.54) is 32.2 Å². The highest BCUT2D eigenvalue weighted by molar-refractivity contribution is 5.85. The highest BCUT2D eigenvalue weighted by atomic mass is 35.5. The summed E-state index contributed by atoms with van der Waals surface area (Å²) in [6, 6.07) is 0.972. The lowest BCUT2D eigenvalue weighted by Gasteiger charge is -2.33. The average Bonchev–Trinajstić information content (AvgIpc) is 3.21. The van der Waals surface area contributed by atoms with E-state index < -0.39 is 0 Å². The van der Waals surface area contributed by atoms with Gasteiger partial charge in [0.1, 0.15) is 0 Å². The van der Waals surface area contributed by atoms with Gasteiger partial charge in [-0.1, -0.05) is 0 Å². The van der Waals surface area contributed by atoms with Crippen LogP contribution in [-0.2, 0) is 4.79 Å². The molecule has 1 saturated carbocycles. The van der Waals surface area contributed by atoms with Crippen molar-refractivity contribution in [2.24, 2.45) is 5.92 Å². The predicted molar refractivity (Wildman–Crippen MR) is 85.3 cm³/mol. The molecule has 4 nitrogen and oxygen atoms in total. The van der Waals surface area contributed by atoms with Crippen LogP contribution in [0.1, 0.15) is 39.5 Å². The summed E-state index contributed by atoms with van der Waals surface area (Å²) in [4.78, 5) is 16.2. The van der Waals surface area contributed by atoms with Crippen molar-refractivity contribution in [1.82, 2.24) is 15.1 Å². The maximum Gasteiger partial charge on any atom is 0.236 e. The topological polar surface area (TPSA) is 35.6 Å². The Morgan fingerprint density at radius 2 is 1.85 bits per heavy atom. The van der Waals surface area contributed by atoms with Gasteiger partial charge >= 0.3 is 0 Å². The number of nitrogens with one attached hydrogen (secondary N) is 1. The van der Waals surface area contributed by atoms with Gasteiger partial charge in [0.15, 0.2) is 0 Å². The zero-order valence-electron chi connectivity index (χ0n) is 13.1. The molecule has 0 atom stereocenters. The number of hydrogen-bond acceptors (Lipinski definition) is 3. The van der Waals surface area contributed by atoms with Crippen molar-refractivity contribution in [2.45, 2.75) is 51.6 Å². The van der Waals surface area contributed by atoms with Gasteiger partial charge in [-0.05, 0) is 52.0 Å². The van der Waals surface area contributed by atoms with Crippen molar-refractivity contribution in [3.8, 4) is 0 Å². The van der Waals surface area contributed by atoms with Gasteiger partial charge in [0.2, 0.25) is 5.91 Å². The molecule has 0 aromatic heterocycles. The number of rotatable bonds is 6. The summed E-state index contributed by atoms with van der Waals surface area (Å²) in [7, 11) is 1.90. The van der Waals surface area contributed by atoms with Crippen LogP contribution in [0.25, 0.3) is 0 Å². The molecule has 1 amide bonds. The van der Waals surface area contributed by atoms with Gasteiger partial charge in [-0.3, -0.25) is 9.69 Å². The summed E-state index contributed by atoms with van der Waals surface area (Å²) in [5.74, 6) is 1.21. The Morgan fingerprint density at radius 3 is 2.35 bits per heavy atom. The van der Waals surface area contributed by atoms with E-state index in [2.05, 4.69) is 24.1 Å². The second kappa shape index (κ2) is 8.20. The summed E-state index contributed by atoms with van der Waals surface area (Å²) < 4.78 is 0. The Bertz CT molecular complexity index is 299. The summed E-state index contributed by atoms with van der Waals surface area (Å²) in [5, 5.41) is 3.68. The second-order valence-electron chi connectivity index (χ2n) is 6.50. The molecule has 2 rings (SSSR count). The standard InChI is InChI=1S/C15H29N3O.ClH/c1-12(2)17(3)15(19)11-18-8-6-14(7-9-18)16-10-13-4-5-13;/h12-14,16H,4-11H2,1-3H3;1H. The normalized spacial score (nSPS) is 20.8. The van der Waals surface area contributed by atoms with Gasteiger partial charge in [0.05, 0.1) is 6.54 Å². The molecule has 0 aromatic carbocycles. The Morgan fingerprint density at radius 1 is 1.25 bits per heavy atom. The third kappa shape index (κ3) is 5.58. The molecule has 1 aliphatic heterocycles. The van der Waals surface area contributed by atoms with E-state index in [0.717, 1.165) is 19.0 Å². The molecule has 0 unspecified atom stereocenters. The highest BCUT2D eigenvalue weighted by Gasteiger charge is 2.25. The molecule has 1 aliphatic carbocycles. The third-order valence-corrected chi connectivity index (χ3v) is 4.51. The summed E-state index contributed by atoms with van der Waals surface area (Å²) in [6.45, 7) is 8.03. The summed E-state index contributed by atoms with van der Waals surface area (Å²) in [5.41, 5.74) is 0. The minimum Gasteiger partial charge on any atom is -0.342 e. The zero-order valence-corrected chi connectivity index (χ0v) is 13.9. The van der Waals surface area contributed by atoms with Crippen LogP contribution in [0.5, 0.6) is 0 Å². The fourth-order valence-electron chi connectivity index (χ4n) is 2.54. The number of likely N-dealkylation sites (N-methyl/N-ethyl adjacent to an activating group) is 1.